The number of nitrogens with two attached hydrogens (primary N) is 1. The van der Waals surface area contributed by atoms with Crippen molar-refractivity contribution in [1.29, 1.82) is 0 Å². The number of amides is 1. The molecule has 0 saturated heterocycles. The van der Waals surface area contributed by atoms with Gasteiger partial charge in [0.1, 0.15) is 0 Å². The van der Waals surface area contributed by atoms with E-state index in [4.69, 9.17) is 17.4 Å². The highest BCUT2D eigenvalue weighted by Crippen LogP contribution is 2.24. The summed E-state index contributed by atoms with van der Waals surface area (Å²) in [6, 6.07) is 6.95. The lowest BCUT2D eigenvalue weighted by molar-refractivity contribution is 0.102. The maximum absolute atomic E-state index is 12.2. The molecule has 19 heavy (non-hydrogen) atoms. The Morgan fingerprint density at radius 3 is 2.84 bits per heavy atom. The number of anilines is 2. The third-order valence-electron chi connectivity index (χ3n) is 2.74. The van der Waals surface area contributed by atoms with Crippen LogP contribution in [0.15, 0.2) is 36.7 Å². The van der Waals surface area contributed by atoms with Gasteiger partial charge in [-0.2, -0.15) is 0 Å². The van der Waals surface area contributed by atoms with Crippen molar-refractivity contribution >= 4 is 28.9 Å². The largest absolute Gasteiger partial charge is 0.323 e. The number of halogens is 1. The topological polar surface area (TPSA) is 80.0 Å². The maximum Gasteiger partial charge on any atom is 0.259 e. The van der Waals surface area contributed by atoms with Crippen LogP contribution in [0, 0.1) is 6.92 Å². The number of hydrogen-bond donors (Lipinski definition) is 3. The lowest BCUT2D eigenvalue weighted by Gasteiger charge is -2.11. The highest BCUT2D eigenvalue weighted by Gasteiger charge is 2.12. The van der Waals surface area contributed by atoms with Crippen molar-refractivity contribution in [3.8, 4) is 0 Å². The number of carbonyl (C=O) groups is 1. The summed E-state index contributed by atoms with van der Waals surface area (Å²) < 4.78 is 0. The van der Waals surface area contributed by atoms with E-state index in [2.05, 4.69) is 15.7 Å². The van der Waals surface area contributed by atoms with E-state index in [1.807, 2.05) is 6.92 Å². The van der Waals surface area contributed by atoms with E-state index in [1.54, 1.807) is 30.5 Å². The minimum Gasteiger partial charge on any atom is -0.323 e. The summed E-state index contributed by atoms with van der Waals surface area (Å²) in [4.78, 5) is 16.1. The summed E-state index contributed by atoms with van der Waals surface area (Å²) in [5.74, 6) is 5.06. The van der Waals surface area contributed by atoms with E-state index in [9.17, 15) is 4.79 Å². The van der Waals surface area contributed by atoms with E-state index < -0.39 is 0 Å². The fourth-order valence-corrected chi connectivity index (χ4v) is 1.81. The minimum absolute atomic E-state index is 0.300. The van der Waals surface area contributed by atoms with E-state index in [1.165, 1.54) is 6.20 Å². The molecule has 0 atom stereocenters. The summed E-state index contributed by atoms with van der Waals surface area (Å²) >= 11 is 6.01. The molecule has 0 spiro atoms. The smallest absolute Gasteiger partial charge is 0.259 e. The van der Waals surface area contributed by atoms with Crippen LogP contribution in [-0.4, -0.2) is 10.9 Å². The van der Waals surface area contributed by atoms with Gasteiger partial charge in [-0.3, -0.25) is 15.6 Å². The fourth-order valence-electron chi connectivity index (χ4n) is 1.63. The lowest BCUT2D eigenvalue weighted by Crippen LogP contribution is -2.18. The zero-order chi connectivity index (χ0) is 13.8. The maximum atomic E-state index is 12.2. The SMILES string of the molecule is Cc1c(Cl)cccc1NC(=O)c1cnccc1NN. The third-order valence-corrected chi connectivity index (χ3v) is 3.15. The number of aromatic nitrogens is 1. The van der Waals surface area contributed by atoms with Gasteiger partial charge in [-0.05, 0) is 30.7 Å². The summed E-state index contributed by atoms with van der Waals surface area (Å²) in [5, 5.41) is 3.38. The molecule has 0 saturated carbocycles. The van der Waals surface area contributed by atoms with Crippen LogP contribution >= 0.6 is 11.6 Å². The molecule has 2 rings (SSSR count). The Kier molecular flexibility index (Phi) is 3.99. The van der Waals surface area contributed by atoms with Gasteiger partial charge in [-0.25, -0.2) is 0 Å². The second-order valence-electron chi connectivity index (χ2n) is 3.93. The first kappa shape index (κ1) is 13.3. The molecule has 0 aliphatic heterocycles. The van der Waals surface area contributed by atoms with Gasteiger partial charge in [0.25, 0.3) is 5.91 Å². The van der Waals surface area contributed by atoms with Gasteiger partial charge in [0.05, 0.1) is 11.3 Å². The number of pyridine rings is 1. The number of carbonyl (C=O) groups excluding carboxylic acids is 1. The van der Waals surface area contributed by atoms with Gasteiger partial charge in [0.2, 0.25) is 0 Å². The zero-order valence-electron chi connectivity index (χ0n) is 10.3. The van der Waals surface area contributed by atoms with Crippen LogP contribution in [0.2, 0.25) is 5.02 Å². The number of nitrogens with one attached hydrogen (secondary N) is 2. The normalized spacial score (nSPS) is 10.1. The average Bonchev–Trinajstić information content (AvgIpc) is 2.43. The van der Waals surface area contributed by atoms with Gasteiger partial charge in [0, 0.05) is 23.1 Å². The number of nitrogens with zero attached hydrogens (tertiary/aromatic N) is 1. The monoisotopic (exact) mass is 276 g/mol. The number of benzene rings is 1. The number of hydrogen-bond acceptors (Lipinski definition) is 4. The first-order chi connectivity index (χ1) is 9.13. The number of hydrazine groups is 1. The van der Waals surface area contributed by atoms with Crippen molar-refractivity contribution in [1.82, 2.24) is 4.98 Å². The van der Waals surface area contributed by atoms with Crippen molar-refractivity contribution in [3.05, 3.63) is 52.8 Å². The lowest BCUT2D eigenvalue weighted by atomic mass is 10.1. The summed E-state index contributed by atoms with van der Waals surface area (Å²) in [7, 11) is 0. The Bertz CT molecular complexity index is 615. The third kappa shape index (κ3) is 2.83. The molecule has 5 nitrogen and oxygen atoms in total. The van der Waals surface area contributed by atoms with Crippen LogP contribution in [0.4, 0.5) is 11.4 Å². The molecule has 0 radical (unpaired) electrons. The highest BCUT2D eigenvalue weighted by molar-refractivity contribution is 6.31. The molecule has 0 fully saturated rings. The van der Waals surface area contributed by atoms with Gasteiger partial charge in [-0.15, -0.1) is 0 Å². The quantitative estimate of drug-likeness (QED) is 0.595. The van der Waals surface area contributed by atoms with Gasteiger partial charge in [-0.1, -0.05) is 17.7 Å². The van der Waals surface area contributed by atoms with E-state index in [-0.39, 0.29) is 5.91 Å². The molecule has 1 aromatic heterocycles. The molecule has 1 aromatic carbocycles. The van der Waals surface area contributed by atoms with Crippen molar-refractivity contribution in [3.63, 3.8) is 0 Å². The summed E-state index contributed by atoms with van der Waals surface area (Å²) in [6.07, 6.45) is 3.00. The van der Waals surface area contributed by atoms with Crippen molar-refractivity contribution in [2.24, 2.45) is 5.84 Å². The van der Waals surface area contributed by atoms with Crippen LogP contribution < -0.4 is 16.6 Å². The fraction of sp³-hybridized carbons (Fsp3) is 0.0769. The number of rotatable bonds is 3. The Morgan fingerprint density at radius 2 is 2.11 bits per heavy atom. The van der Waals surface area contributed by atoms with Gasteiger partial charge < -0.3 is 10.7 Å². The minimum atomic E-state index is -0.300. The molecular formula is C13H13ClN4O. The van der Waals surface area contributed by atoms with Crippen LogP contribution in [-0.2, 0) is 0 Å². The molecule has 1 heterocycles. The van der Waals surface area contributed by atoms with Crippen LogP contribution in [0.25, 0.3) is 0 Å². The second-order valence-corrected chi connectivity index (χ2v) is 4.34. The predicted octanol–water partition coefficient (Wildman–Crippen LogP) is 2.58. The highest BCUT2D eigenvalue weighted by atomic mass is 35.5. The molecule has 1 amide bonds. The van der Waals surface area contributed by atoms with Crippen molar-refractivity contribution < 1.29 is 4.79 Å². The zero-order valence-corrected chi connectivity index (χ0v) is 11.0. The Balaban J connectivity index is 2.28. The summed E-state index contributed by atoms with van der Waals surface area (Å²) in [5.41, 5.74) is 4.80. The molecule has 0 aliphatic carbocycles. The van der Waals surface area contributed by atoms with Gasteiger partial charge >= 0.3 is 0 Å². The Labute approximate surface area is 115 Å². The van der Waals surface area contributed by atoms with Crippen LogP contribution in [0.5, 0.6) is 0 Å². The predicted molar refractivity (Wildman–Crippen MR) is 76.2 cm³/mol. The average molecular weight is 277 g/mol. The van der Waals surface area contributed by atoms with E-state index in [0.717, 1.165) is 5.56 Å². The van der Waals surface area contributed by atoms with Gasteiger partial charge in [0.15, 0.2) is 0 Å². The van der Waals surface area contributed by atoms with E-state index in [0.29, 0.717) is 22.0 Å². The van der Waals surface area contributed by atoms with E-state index >= 15 is 0 Å². The number of nitrogen functional groups attached to an aromatic ring is 1. The van der Waals surface area contributed by atoms with Crippen LogP contribution in [0.1, 0.15) is 15.9 Å². The van der Waals surface area contributed by atoms with Crippen LogP contribution in [0.3, 0.4) is 0 Å². The molecule has 4 N–H and O–H groups in total. The molecule has 0 aliphatic rings. The molecule has 0 unspecified atom stereocenters. The van der Waals surface area contributed by atoms with Crippen molar-refractivity contribution in [2.45, 2.75) is 6.92 Å². The molecular weight excluding hydrogens is 264 g/mol. The Morgan fingerprint density at radius 1 is 1.32 bits per heavy atom. The Hall–Kier alpha value is -2.11. The molecule has 6 heteroatoms. The molecule has 98 valence electrons. The molecule has 0 bridgehead atoms. The standard InChI is InChI=1S/C13H13ClN4O/c1-8-10(14)3-2-4-11(8)17-13(19)9-7-16-6-5-12(9)18-15/h2-7H,15H2,1H3,(H,16,18)(H,17,19). The summed E-state index contributed by atoms with van der Waals surface area (Å²) in [6.45, 7) is 1.84. The second kappa shape index (κ2) is 5.69. The van der Waals surface area contributed by atoms with Crippen molar-refractivity contribution in [2.75, 3.05) is 10.7 Å². The first-order valence-electron chi connectivity index (χ1n) is 5.60. The molecule has 2 aromatic rings. The first-order valence-corrected chi connectivity index (χ1v) is 5.98.